The van der Waals surface area contributed by atoms with Crippen molar-refractivity contribution < 1.29 is 43.9 Å². The van der Waals surface area contributed by atoms with E-state index in [1.165, 1.54) is 7.11 Å². The van der Waals surface area contributed by atoms with Crippen LogP contribution in [-0.2, 0) is 47.9 Å². The summed E-state index contributed by atoms with van der Waals surface area (Å²) in [6, 6.07) is 7.85. The van der Waals surface area contributed by atoms with Gasteiger partial charge in [0.25, 0.3) is 0 Å². The topological polar surface area (TPSA) is 214 Å². The number of carbonyl (C=O) groups excluding carboxylic acids is 3. The molecule has 3 aromatic carbocycles. The van der Waals surface area contributed by atoms with Gasteiger partial charge in [-0.05, 0) is 174 Å². The predicted molar refractivity (Wildman–Crippen MR) is 370 cm³/mol. The molecular formula is C81H56N6O9. The van der Waals surface area contributed by atoms with Gasteiger partial charge < -0.3 is 29.5 Å². The molecule has 96 heavy (non-hydrogen) atoms. The number of terminal acetylenes is 2. The van der Waals surface area contributed by atoms with Crippen LogP contribution in [0.4, 0.5) is 0 Å². The van der Waals surface area contributed by atoms with Crippen LogP contribution < -0.4 is 0 Å². The van der Waals surface area contributed by atoms with Crippen LogP contribution in [0.5, 0.6) is 17.2 Å². The lowest BCUT2D eigenvalue weighted by atomic mass is 9.91. The van der Waals surface area contributed by atoms with E-state index in [1.807, 2.05) is 0 Å². The first-order valence-corrected chi connectivity index (χ1v) is 30.2. The van der Waals surface area contributed by atoms with Gasteiger partial charge >= 0.3 is 17.9 Å². The van der Waals surface area contributed by atoms with E-state index in [0.717, 1.165) is 38.5 Å². The molecule has 3 fully saturated rings. The molecule has 0 aromatic heterocycles. The third-order valence-corrected chi connectivity index (χ3v) is 14.5. The lowest BCUT2D eigenvalue weighted by Crippen LogP contribution is -2.27. The van der Waals surface area contributed by atoms with Crippen molar-refractivity contribution in [3.8, 4) is 208 Å². The lowest BCUT2D eigenvalue weighted by Gasteiger charge is -2.26. The molecule has 0 amide bonds. The van der Waals surface area contributed by atoms with Gasteiger partial charge in [0.2, 0.25) is 0 Å². The standard InChI is InChI=1S/C81H56N6O9/c1-4-6-8-10-12-14-16-18-20-22-24-26-28-36-44-95-77(89)53-62-48-66-57-84-72-40-32-30-38-70(72)82-55-64-46-61(52-76(88)94-3)47-65(79(64)91)56-83-71-39-31-33-41-73(71)85-58-67-49-63(54-78(90)96-45-37-29-27-25-23-21-19-17-15-13-11-9-7-5-2)51-69(81(67)93)60-87-75-43-35-34-42-74(75)86-59-68(50-62)80(66)92/h1-2,46-51,55-60,70-75,91-93H,30-35,38-43,52-54H2,3H3/b82-55+,83-56+,84-57+,85-58+,86-59+,87-60+. The maximum absolute atomic E-state index is 13.3. The van der Waals surface area contributed by atoms with E-state index in [4.69, 9.17) is 57.0 Å². The normalized spacial score (nSPS) is 19.1. The number of phenols is 3. The first kappa shape index (κ1) is 69.9. The molecule has 15 heteroatoms. The Morgan fingerprint density at radius 2 is 0.542 bits per heavy atom. The Hall–Kier alpha value is -13.6. The number of phenolic OH excluding ortho intramolecular Hbond substituents is 3. The molecule has 7 rings (SSSR count). The fraction of sp³-hybridized carbons (Fsp3) is 0.272. The van der Waals surface area contributed by atoms with Gasteiger partial charge in [0, 0.05) is 154 Å². The number of aliphatic imine (C=N–C) groups is 6. The van der Waals surface area contributed by atoms with E-state index in [1.54, 1.807) is 73.7 Å². The summed E-state index contributed by atoms with van der Waals surface area (Å²) in [5.74, 6) is 66.2. The highest BCUT2D eigenvalue weighted by Crippen LogP contribution is 2.32. The highest BCUT2D eigenvalue weighted by molar-refractivity contribution is 5.95. The van der Waals surface area contributed by atoms with Crippen molar-refractivity contribution >= 4 is 55.2 Å². The zero-order chi connectivity index (χ0) is 67.8. The maximum atomic E-state index is 13.3. The van der Waals surface area contributed by atoms with Gasteiger partial charge in [-0.25, -0.2) is 0 Å². The molecule has 15 nitrogen and oxygen atoms in total. The minimum Gasteiger partial charge on any atom is -0.507 e. The molecule has 4 aliphatic rings. The number of fused-ring (bicyclic) bond motifs is 9. The second-order valence-corrected chi connectivity index (χ2v) is 21.1. The van der Waals surface area contributed by atoms with Crippen molar-refractivity contribution in [3.05, 3.63) is 86.5 Å². The summed E-state index contributed by atoms with van der Waals surface area (Å²) in [4.78, 5) is 69.3. The minimum absolute atomic E-state index is 0.0840. The van der Waals surface area contributed by atoms with Gasteiger partial charge in [-0.3, -0.25) is 44.3 Å². The van der Waals surface area contributed by atoms with E-state index in [-0.39, 0.29) is 72.8 Å². The predicted octanol–water partition coefficient (Wildman–Crippen LogP) is 6.78. The van der Waals surface area contributed by atoms with Crippen molar-refractivity contribution in [2.24, 2.45) is 30.0 Å². The molecule has 464 valence electrons. The molecule has 1 heterocycles. The summed E-state index contributed by atoms with van der Waals surface area (Å²) in [5.41, 5.74) is 3.38. The highest BCUT2D eigenvalue weighted by atomic mass is 16.5. The minimum atomic E-state index is -0.709. The first-order valence-electron chi connectivity index (χ1n) is 30.2. The zero-order valence-electron chi connectivity index (χ0n) is 52.1. The molecule has 0 spiro atoms. The van der Waals surface area contributed by atoms with Crippen molar-refractivity contribution in [3.63, 3.8) is 0 Å². The Morgan fingerprint density at radius 3 is 0.750 bits per heavy atom. The van der Waals surface area contributed by atoms with Gasteiger partial charge in [0.05, 0.1) is 62.6 Å². The summed E-state index contributed by atoms with van der Waals surface area (Å²) in [6.07, 6.45) is 32.7. The number of benzene rings is 3. The van der Waals surface area contributed by atoms with Crippen molar-refractivity contribution in [1.82, 2.24) is 0 Å². The molecule has 3 aromatic rings. The van der Waals surface area contributed by atoms with Crippen LogP contribution in [0.15, 0.2) is 66.4 Å². The number of methoxy groups -OCH3 is 1. The quantitative estimate of drug-likeness (QED) is 0.135. The fourth-order valence-electron chi connectivity index (χ4n) is 10.1. The van der Waals surface area contributed by atoms with Crippen LogP contribution in [0.3, 0.4) is 0 Å². The Morgan fingerprint density at radius 1 is 0.344 bits per heavy atom. The molecule has 0 radical (unpaired) electrons. The Bertz CT molecular complexity index is 4510. The Balaban J connectivity index is 1.23. The zero-order valence-corrected chi connectivity index (χ0v) is 52.1. The van der Waals surface area contributed by atoms with Crippen LogP contribution in [-0.4, -0.2) is 114 Å². The second-order valence-electron chi connectivity index (χ2n) is 21.1. The Kier molecular flexibility index (Phi) is 28.8. The largest absolute Gasteiger partial charge is 0.507 e. The van der Waals surface area contributed by atoms with Crippen LogP contribution in [0.25, 0.3) is 0 Å². The highest BCUT2D eigenvalue weighted by Gasteiger charge is 2.27. The van der Waals surface area contributed by atoms with Gasteiger partial charge in [0.15, 0.2) is 0 Å². The molecular weight excluding hydrogens is 1200 g/mol. The van der Waals surface area contributed by atoms with E-state index in [9.17, 15) is 29.7 Å². The maximum Gasteiger partial charge on any atom is 0.324 e. The average molecular weight is 1260 g/mol. The molecule has 0 saturated heterocycles. The number of ether oxygens (including phenoxy) is 3. The van der Waals surface area contributed by atoms with Gasteiger partial charge in [-0.1, -0.05) is 38.5 Å². The van der Waals surface area contributed by atoms with E-state index in [2.05, 4.69) is 178 Å². The van der Waals surface area contributed by atoms with Gasteiger partial charge in [-0.2, -0.15) is 0 Å². The number of aromatic hydroxyl groups is 3. The van der Waals surface area contributed by atoms with E-state index >= 15 is 0 Å². The SMILES string of the molecule is C#CC#CC#CC#CC#CC#CC#CC#COC(=O)Cc1cc2c(O)c(c1)/C=N/C1CCCCC1/N=C/c1cc(CC(=O)OC#CC#CC#CC#CC#CC#CC#CC#C)cc(c1O)/C=N/C1CCCCC1/N=C/c1cc(CC(=O)OC)cc(c1O)/C=N/C1CCCCC1/N=C/2. The molecule has 6 unspecified atom stereocenters. The number of carbonyl (C=O) groups is 3. The van der Waals surface area contributed by atoms with Gasteiger partial charge in [0.1, 0.15) is 29.5 Å². The molecule has 6 atom stereocenters. The third kappa shape index (κ3) is 24.0. The lowest BCUT2D eigenvalue weighted by molar-refractivity contribution is -0.140. The van der Waals surface area contributed by atoms with Crippen LogP contribution in [0.1, 0.15) is 127 Å². The molecule has 3 saturated carbocycles. The number of hydrogen-bond acceptors (Lipinski definition) is 15. The molecule has 3 aliphatic carbocycles. The monoisotopic (exact) mass is 1260 g/mol. The molecule has 1 aliphatic heterocycles. The number of hydrogen-bond donors (Lipinski definition) is 3. The Labute approximate surface area is 560 Å². The van der Waals surface area contributed by atoms with Crippen molar-refractivity contribution in [2.45, 2.75) is 133 Å². The van der Waals surface area contributed by atoms with Gasteiger partial charge in [-0.15, -0.1) is 12.8 Å². The van der Waals surface area contributed by atoms with Crippen molar-refractivity contribution in [2.75, 3.05) is 7.11 Å². The number of esters is 3. The van der Waals surface area contributed by atoms with Crippen LogP contribution in [0.2, 0.25) is 0 Å². The van der Waals surface area contributed by atoms with Crippen LogP contribution >= 0.6 is 0 Å². The summed E-state index contributed by atoms with van der Waals surface area (Å²) in [6.45, 7) is 0. The third-order valence-electron chi connectivity index (χ3n) is 14.5. The first-order chi connectivity index (χ1) is 47.0. The van der Waals surface area contributed by atoms with E-state index < -0.39 is 17.9 Å². The van der Waals surface area contributed by atoms with E-state index in [0.29, 0.717) is 88.6 Å². The summed E-state index contributed by atoms with van der Waals surface area (Å²) >= 11 is 0. The average Bonchev–Trinajstić information content (AvgIpc) is 0.864. The molecule has 6 bridgehead atoms. The van der Waals surface area contributed by atoms with Crippen molar-refractivity contribution in [1.29, 1.82) is 0 Å². The second kappa shape index (κ2) is 39.6. The summed E-state index contributed by atoms with van der Waals surface area (Å²) < 4.78 is 15.4. The summed E-state index contributed by atoms with van der Waals surface area (Å²) in [5, 5.41) is 35.9. The molecule has 3 N–H and O–H groups in total. The smallest absolute Gasteiger partial charge is 0.324 e. The van der Waals surface area contributed by atoms with Crippen LogP contribution in [0, 0.1) is 191 Å². The summed E-state index contributed by atoms with van der Waals surface area (Å²) in [7, 11) is 1.30. The number of nitrogens with zero attached hydrogens (tertiary/aromatic N) is 6. The fourth-order valence-corrected chi connectivity index (χ4v) is 10.1. The number of rotatable bonds is 6.